The predicted molar refractivity (Wildman–Crippen MR) is 77.6 cm³/mol. The summed E-state index contributed by atoms with van der Waals surface area (Å²) in [6.07, 6.45) is -0.360. The zero-order valence-corrected chi connectivity index (χ0v) is 12.8. The topological polar surface area (TPSA) is 72.5 Å². The number of nitrogens with zero attached hydrogens (tertiary/aromatic N) is 1. The largest absolute Gasteiger partial charge is 0.256 e. The molecular weight excluding hydrogens is 298 g/mol. The van der Waals surface area contributed by atoms with Crippen LogP contribution in [0, 0.1) is 12.8 Å². The Bertz CT molecular complexity index is 684. The summed E-state index contributed by atoms with van der Waals surface area (Å²) in [7, 11) is -3.90. The molecule has 1 aromatic carbocycles. The minimum Gasteiger partial charge on any atom is -0.256 e. The molecule has 1 unspecified atom stereocenters. The van der Waals surface area contributed by atoms with Crippen molar-refractivity contribution in [3.8, 4) is 0 Å². The maximum absolute atomic E-state index is 13.3. The van der Waals surface area contributed by atoms with E-state index in [1.165, 1.54) is 6.07 Å². The maximum Gasteiger partial charge on any atom is 0.249 e. The molecule has 2 rings (SSSR count). The van der Waals surface area contributed by atoms with E-state index in [1.807, 2.05) is 0 Å². The highest BCUT2D eigenvalue weighted by Gasteiger charge is 2.37. The van der Waals surface area contributed by atoms with Gasteiger partial charge in [-0.1, -0.05) is 13.0 Å². The zero-order valence-electron chi connectivity index (χ0n) is 11.9. The normalized spacial score (nSPS) is 24.2. The van der Waals surface area contributed by atoms with Crippen LogP contribution in [0.5, 0.6) is 0 Å². The van der Waals surface area contributed by atoms with Crippen LogP contribution < -0.4 is 5.14 Å². The van der Waals surface area contributed by atoms with Crippen LogP contribution in [-0.2, 0) is 10.0 Å². The molecule has 0 aromatic heterocycles. The molecule has 7 heteroatoms. The lowest BCUT2D eigenvalue weighted by atomic mass is 9.86. The van der Waals surface area contributed by atoms with E-state index in [9.17, 15) is 17.2 Å². The van der Waals surface area contributed by atoms with E-state index in [0.717, 1.165) is 5.56 Å². The molecule has 1 aromatic rings. The third-order valence-corrected chi connectivity index (χ3v) is 4.56. The minimum atomic E-state index is -3.90. The molecular formula is C14H18F2N2O2S. The molecule has 116 valence electrons. The number of primary sulfonamides is 1. The second-order valence-corrected chi connectivity index (χ2v) is 7.11. The first-order valence-corrected chi connectivity index (χ1v) is 8.22. The molecule has 1 saturated carbocycles. The van der Waals surface area contributed by atoms with E-state index in [1.54, 1.807) is 26.0 Å². The summed E-state index contributed by atoms with van der Waals surface area (Å²) in [5, 5.41) is 5.17. The molecule has 0 saturated heterocycles. The average Bonchev–Trinajstić information content (AvgIpc) is 2.30. The second-order valence-electron chi connectivity index (χ2n) is 5.58. The molecule has 4 nitrogen and oxygen atoms in total. The monoisotopic (exact) mass is 316 g/mol. The fourth-order valence-corrected chi connectivity index (χ4v) is 3.16. The summed E-state index contributed by atoms with van der Waals surface area (Å²) in [5.41, 5.74) is 1.65. The molecule has 2 N–H and O–H groups in total. The summed E-state index contributed by atoms with van der Waals surface area (Å²) in [6.45, 7) is 3.48. The Hall–Kier alpha value is -1.34. The Balaban J connectivity index is 2.44. The van der Waals surface area contributed by atoms with Crippen LogP contribution in [0.25, 0.3) is 0 Å². The molecule has 1 atom stereocenters. The van der Waals surface area contributed by atoms with E-state index >= 15 is 0 Å². The van der Waals surface area contributed by atoms with E-state index in [2.05, 4.69) is 4.99 Å². The van der Waals surface area contributed by atoms with Gasteiger partial charge in [0.15, 0.2) is 0 Å². The van der Waals surface area contributed by atoms with E-state index in [4.69, 9.17) is 5.14 Å². The van der Waals surface area contributed by atoms with Crippen molar-refractivity contribution >= 4 is 21.4 Å². The molecule has 0 radical (unpaired) electrons. The molecule has 0 heterocycles. The molecule has 0 amide bonds. The van der Waals surface area contributed by atoms with Crippen molar-refractivity contribution in [1.82, 2.24) is 0 Å². The summed E-state index contributed by atoms with van der Waals surface area (Å²) >= 11 is 0. The van der Waals surface area contributed by atoms with Gasteiger partial charge in [-0.15, -0.1) is 0 Å². The SMILES string of the molecule is Cc1ccc(S(N)(=O)=O)c(N=C2CCC(F)(F)CC2C)c1. The zero-order chi connectivity index (χ0) is 15.8. The van der Waals surface area contributed by atoms with Gasteiger partial charge in [0.25, 0.3) is 0 Å². The first-order chi connectivity index (χ1) is 9.58. The number of benzene rings is 1. The van der Waals surface area contributed by atoms with Crippen molar-refractivity contribution in [2.24, 2.45) is 16.0 Å². The van der Waals surface area contributed by atoms with Crippen LogP contribution in [0.1, 0.15) is 31.7 Å². The Morgan fingerprint density at radius 2 is 2.05 bits per heavy atom. The fraction of sp³-hybridized carbons (Fsp3) is 0.500. The Morgan fingerprint density at radius 3 is 2.62 bits per heavy atom. The van der Waals surface area contributed by atoms with Gasteiger partial charge >= 0.3 is 0 Å². The van der Waals surface area contributed by atoms with Crippen LogP contribution in [0.3, 0.4) is 0 Å². The van der Waals surface area contributed by atoms with Crippen molar-refractivity contribution in [2.45, 2.75) is 43.9 Å². The maximum atomic E-state index is 13.3. The van der Waals surface area contributed by atoms with Crippen LogP contribution in [0.4, 0.5) is 14.5 Å². The highest BCUT2D eigenvalue weighted by molar-refractivity contribution is 7.89. The first kappa shape index (κ1) is 16.0. The van der Waals surface area contributed by atoms with Crippen LogP contribution >= 0.6 is 0 Å². The summed E-state index contributed by atoms with van der Waals surface area (Å²) in [5.74, 6) is -3.06. The highest BCUT2D eigenvalue weighted by atomic mass is 32.2. The van der Waals surface area contributed by atoms with Crippen molar-refractivity contribution in [3.05, 3.63) is 23.8 Å². The van der Waals surface area contributed by atoms with Gasteiger partial charge in [0, 0.05) is 24.5 Å². The first-order valence-electron chi connectivity index (χ1n) is 6.67. The smallest absolute Gasteiger partial charge is 0.249 e. The molecule has 0 aliphatic heterocycles. The van der Waals surface area contributed by atoms with E-state index in [-0.39, 0.29) is 35.8 Å². The Labute approximate surface area is 123 Å². The Morgan fingerprint density at radius 1 is 1.38 bits per heavy atom. The lowest BCUT2D eigenvalue weighted by Crippen LogP contribution is -2.31. The number of aliphatic imine (C=N–C) groups is 1. The van der Waals surface area contributed by atoms with Crippen molar-refractivity contribution in [3.63, 3.8) is 0 Å². The number of alkyl halides is 2. The van der Waals surface area contributed by atoms with Crippen LogP contribution in [0.15, 0.2) is 28.1 Å². The van der Waals surface area contributed by atoms with Gasteiger partial charge in [0.2, 0.25) is 15.9 Å². The van der Waals surface area contributed by atoms with Gasteiger partial charge in [0.05, 0.1) is 5.69 Å². The lowest BCUT2D eigenvalue weighted by Gasteiger charge is -2.28. The van der Waals surface area contributed by atoms with E-state index in [0.29, 0.717) is 5.71 Å². The molecule has 1 aliphatic carbocycles. The van der Waals surface area contributed by atoms with Gasteiger partial charge in [-0.2, -0.15) is 0 Å². The van der Waals surface area contributed by atoms with Crippen molar-refractivity contribution < 1.29 is 17.2 Å². The predicted octanol–water partition coefficient (Wildman–Crippen LogP) is 3.17. The Kier molecular flexibility index (Phi) is 4.17. The lowest BCUT2D eigenvalue weighted by molar-refractivity contribution is -0.0282. The third kappa shape index (κ3) is 3.85. The third-order valence-electron chi connectivity index (χ3n) is 3.61. The number of halogens is 2. The summed E-state index contributed by atoms with van der Waals surface area (Å²) in [4.78, 5) is 4.24. The number of nitrogens with two attached hydrogens (primary N) is 1. The second kappa shape index (κ2) is 5.46. The van der Waals surface area contributed by atoms with Gasteiger partial charge in [-0.05, 0) is 31.0 Å². The van der Waals surface area contributed by atoms with Crippen molar-refractivity contribution in [2.75, 3.05) is 0 Å². The van der Waals surface area contributed by atoms with Crippen molar-refractivity contribution in [1.29, 1.82) is 0 Å². The van der Waals surface area contributed by atoms with Gasteiger partial charge in [-0.3, -0.25) is 4.99 Å². The number of hydrogen-bond acceptors (Lipinski definition) is 3. The molecule has 0 bridgehead atoms. The molecule has 1 fully saturated rings. The minimum absolute atomic E-state index is 0.0786. The van der Waals surface area contributed by atoms with Crippen LogP contribution in [-0.4, -0.2) is 20.1 Å². The molecule has 1 aliphatic rings. The number of rotatable bonds is 2. The van der Waals surface area contributed by atoms with Crippen LogP contribution in [0.2, 0.25) is 0 Å². The average molecular weight is 316 g/mol. The summed E-state index contributed by atoms with van der Waals surface area (Å²) < 4.78 is 49.8. The molecule has 0 spiro atoms. The summed E-state index contributed by atoms with van der Waals surface area (Å²) in [6, 6.07) is 4.63. The standard InChI is InChI=1S/C14H18F2N2O2S/c1-9-3-4-13(21(17,19)20)12(7-9)18-11-5-6-14(15,16)8-10(11)2/h3-4,7,10H,5-6,8H2,1-2H3,(H2,17,19,20). The number of sulfonamides is 1. The fourth-order valence-electron chi connectivity index (χ4n) is 2.50. The van der Waals surface area contributed by atoms with Gasteiger partial charge in [0.1, 0.15) is 4.90 Å². The van der Waals surface area contributed by atoms with Gasteiger partial charge < -0.3 is 0 Å². The number of aryl methyl sites for hydroxylation is 1. The quantitative estimate of drug-likeness (QED) is 0.910. The number of hydrogen-bond donors (Lipinski definition) is 1. The van der Waals surface area contributed by atoms with Gasteiger partial charge in [-0.25, -0.2) is 22.3 Å². The molecule has 21 heavy (non-hydrogen) atoms. The highest BCUT2D eigenvalue weighted by Crippen LogP contribution is 2.36. The van der Waals surface area contributed by atoms with E-state index < -0.39 is 15.9 Å².